The van der Waals surface area contributed by atoms with Gasteiger partial charge in [0.25, 0.3) is 0 Å². The van der Waals surface area contributed by atoms with Crippen LogP contribution in [0.1, 0.15) is 37.2 Å². The normalized spacial score (nSPS) is 12.6. The van der Waals surface area contributed by atoms with Crippen molar-refractivity contribution in [3.05, 3.63) is 47.3 Å². The topological polar surface area (TPSA) is 29.9 Å². The van der Waals surface area contributed by atoms with E-state index < -0.39 is 0 Å². The van der Waals surface area contributed by atoms with Crippen molar-refractivity contribution in [3.63, 3.8) is 0 Å². The van der Waals surface area contributed by atoms with Crippen molar-refractivity contribution in [3.8, 4) is 5.69 Å². The number of para-hydroxylation sites is 1. The van der Waals surface area contributed by atoms with Crippen LogP contribution < -0.4 is 5.32 Å². The molecule has 0 saturated heterocycles. The third-order valence-corrected chi connectivity index (χ3v) is 3.68. The van der Waals surface area contributed by atoms with Crippen LogP contribution in [0.15, 0.2) is 30.3 Å². The Kier molecular flexibility index (Phi) is 4.38. The van der Waals surface area contributed by atoms with Crippen LogP contribution >= 0.6 is 0 Å². The van der Waals surface area contributed by atoms with E-state index in [2.05, 4.69) is 50.2 Å². The first-order valence-electron chi connectivity index (χ1n) is 6.97. The van der Waals surface area contributed by atoms with Gasteiger partial charge >= 0.3 is 0 Å². The maximum absolute atomic E-state index is 4.66. The minimum atomic E-state index is 0.541. The summed E-state index contributed by atoms with van der Waals surface area (Å²) >= 11 is 0. The molecule has 0 bridgehead atoms. The third-order valence-electron chi connectivity index (χ3n) is 3.68. The van der Waals surface area contributed by atoms with E-state index in [-0.39, 0.29) is 0 Å². The Labute approximate surface area is 115 Å². The molecule has 0 saturated carbocycles. The first kappa shape index (κ1) is 13.8. The fraction of sp³-hybridized carbons (Fsp3) is 0.438. The number of nitrogens with zero attached hydrogens (tertiary/aromatic N) is 2. The molecule has 1 N–H and O–H groups in total. The summed E-state index contributed by atoms with van der Waals surface area (Å²) < 4.78 is 2.03. The molecule has 2 aromatic rings. The summed E-state index contributed by atoms with van der Waals surface area (Å²) in [5.74, 6) is 0. The highest BCUT2D eigenvalue weighted by Crippen LogP contribution is 2.17. The molecule has 102 valence electrons. The minimum Gasteiger partial charge on any atom is -0.310 e. The van der Waals surface area contributed by atoms with Crippen LogP contribution in [0.2, 0.25) is 0 Å². The maximum atomic E-state index is 4.66. The van der Waals surface area contributed by atoms with Crippen LogP contribution in [0.4, 0.5) is 0 Å². The second kappa shape index (κ2) is 6.02. The van der Waals surface area contributed by atoms with E-state index in [4.69, 9.17) is 0 Å². The summed E-state index contributed by atoms with van der Waals surface area (Å²) in [7, 11) is 0. The summed E-state index contributed by atoms with van der Waals surface area (Å²) in [6.45, 7) is 9.53. The molecule has 0 aliphatic rings. The summed E-state index contributed by atoms with van der Waals surface area (Å²) in [4.78, 5) is 0. The van der Waals surface area contributed by atoms with Gasteiger partial charge in [0.2, 0.25) is 0 Å². The molecule has 0 radical (unpaired) electrons. The average molecular weight is 257 g/mol. The predicted molar refractivity (Wildman–Crippen MR) is 79.6 cm³/mol. The highest BCUT2D eigenvalue weighted by molar-refractivity contribution is 5.36. The Hall–Kier alpha value is -1.61. The standard InChI is InChI=1S/C16H23N3/c1-5-12(2)17-11-16-13(3)18-19(14(16)4)15-9-7-6-8-10-15/h6-10,12,17H,5,11H2,1-4H3. The van der Waals surface area contributed by atoms with E-state index in [1.54, 1.807) is 0 Å². The Morgan fingerprint density at radius 1 is 1.21 bits per heavy atom. The van der Waals surface area contributed by atoms with Crippen molar-refractivity contribution in [1.82, 2.24) is 15.1 Å². The van der Waals surface area contributed by atoms with Gasteiger partial charge in [-0.3, -0.25) is 0 Å². The highest BCUT2D eigenvalue weighted by atomic mass is 15.3. The molecule has 2 rings (SSSR count). The number of aryl methyl sites for hydroxylation is 1. The van der Waals surface area contributed by atoms with E-state index in [0.29, 0.717) is 6.04 Å². The van der Waals surface area contributed by atoms with Gasteiger partial charge in [-0.1, -0.05) is 25.1 Å². The van der Waals surface area contributed by atoms with Crippen LogP contribution in [0, 0.1) is 13.8 Å². The van der Waals surface area contributed by atoms with Crippen molar-refractivity contribution in [1.29, 1.82) is 0 Å². The zero-order valence-corrected chi connectivity index (χ0v) is 12.3. The molecule has 1 unspecified atom stereocenters. The third kappa shape index (κ3) is 3.04. The Balaban J connectivity index is 2.25. The summed E-state index contributed by atoms with van der Waals surface area (Å²) in [5, 5.41) is 8.20. The van der Waals surface area contributed by atoms with E-state index >= 15 is 0 Å². The number of nitrogens with one attached hydrogen (secondary N) is 1. The van der Waals surface area contributed by atoms with Crippen LogP contribution in [0.3, 0.4) is 0 Å². The largest absolute Gasteiger partial charge is 0.310 e. The number of benzene rings is 1. The van der Waals surface area contributed by atoms with Crippen LogP contribution in [-0.4, -0.2) is 15.8 Å². The van der Waals surface area contributed by atoms with E-state index in [1.807, 2.05) is 22.9 Å². The molecule has 3 nitrogen and oxygen atoms in total. The second-order valence-corrected chi connectivity index (χ2v) is 5.09. The molecule has 0 spiro atoms. The Bertz CT molecular complexity index is 528. The molecule has 0 aliphatic heterocycles. The monoisotopic (exact) mass is 257 g/mol. The number of hydrogen-bond donors (Lipinski definition) is 1. The van der Waals surface area contributed by atoms with Crippen molar-refractivity contribution >= 4 is 0 Å². The molecule has 1 aromatic carbocycles. The lowest BCUT2D eigenvalue weighted by molar-refractivity contribution is 0.532. The van der Waals surface area contributed by atoms with Gasteiger partial charge in [-0.25, -0.2) is 4.68 Å². The fourth-order valence-corrected chi connectivity index (χ4v) is 2.17. The van der Waals surface area contributed by atoms with Crippen molar-refractivity contribution in [2.24, 2.45) is 0 Å². The zero-order valence-electron chi connectivity index (χ0n) is 12.3. The second-order valence-electron chi connectivity index (χ2n) is 5.09. The number of hydrogen-bond acceptors (Lipinski definition) is 2. The lowest BCUT2D eigenvalue weighted by Crippen LogP contribution is -2.25. The lowest BCUT2D eigenvalue weighted by atomic mass is 10.1. The minimum absolute atomic E-state index is 0.541. The number of aromatic nitrogens is 2. The lowest BCUT2D eigenvalue weighted by Gasteiger charge is -2.11. The first-order valence-corrected chi connectivity index (χ1v) is 6.97. The molecule has 3 heteroatoms. The van der Waals surface area contributed by atoms with E-state index in [9.17, 15) is 0 Å². The van der Waals surface area contributed by atoms with Crippen molar-refractivity contribution < 1.29 is 0 Å². The fourth-order valence-electron chi connectivity index (χ4n) is 2.17. The molecule has 0 aliphatic carbocycles. The molecule has 1 heterocycles. The number of rotatable bonds is 5. The SMILES string of the molecule is CCC(C)NCc1c(C)nn(-c2ccccc2)c1C. The Morgan fingerprint density at radius 2 is 1.89 bits per heavy atom. The summed E-state index contributed by atoms with van der Waals surface area (Å²) in [6, 6.07) is 10.8. The Morgan fingerprint density at radius 3 is 2.53 bits per heavy atom. The van der Waals surface area contributed by atoms with Gasteiger partial charge in [0.15, 0.2) is 0 Å². The molecule has 0 fully saturated rings. The summed E-state index contributed by atoms with van der Waals surface area (Å²) in [6.07, 6.45) is 1.14. The van der Waals surface area contributed by atoms with Crippen molar-refractivity contribution in [2.75, 3.05) is 0 Å². The van der Waals surface area contributed by atoms with E-state index in [1.165, 1.54) is 11.3 Å². The van der Waals surface area contributed by atoms with Gasteiger partial charge in [-0.15, -0.1) is 0 Å². The van der Waals surface area contributed by atoms with Gasteiger partial charge in [0, 0.05) is 23.8 Å². The molecular weight excluding hydrogens is 234 g/mol. The van der Waals surface area contributed by atoms with Gasteiger partial charge in [-0.05, 0) is 39.3 Å². The van der Waals surface area contributed by atoms with Gasteiger partial charge in [0.1, 0.15) is 0 Å². The molecule has 1 aromatic heterocycles. The first-order chi connectivity index (χ1) is 9.13. The molecule has 19 heavy (non-hydrogen) atoms. The van der Waals surface area contributed by atoms with Crippen molar-refractivity contribution in [2.45, 2.75) is 46.7 Å². The van der Waals surface area contributed by atoms with Gasteiger partial charge in [-0.2, -0.15) is 5.10 Å². The molecule has 1 atom stereocenters. The molecule has 0 amide bonds. The highest BCUT2D eigenvalue weighted by Gasteiger charge is 2.12. The zero-order chi connectivity index (χ0) is 13.8. The predicted octanol–water partition coefficient (Wildman–Crippen LogP) is 3.38. The summed E-state index contributed by atoms with van der Waals surface area (Å²) in [5.41, 5.74) is 4.76. The van der Waals surface area contributed by atoms with Crippen LogP contribution in [0.5, 0.6) is 0 Å². The van der Waals surface area contributed by atoms with Crippen LogP contribution in [-0.2, 0) is 6.54 Å². The smallest absolute Gasteiger partial charge is 0.0648 e. The molecular formula is C16H23N3. The van der Waals surface area contributed by atoms with Crippen LogP contribution in [0.25, 0.3) is 5.69 Å². The maximum Gasteiger partial charge on any atom is 0.0648 e. The quantitative estimate of drug-likeness (QED) is 0.890. The van der Waals surface area contributed by atoms with E-state index in [0.717, 1.165) is 24.3 Å². The average Bonchev–Trinajstić information content (AvgIpc) is 2.72. The van der Waals surface area contributed by atoms with Gasteiger partial charge < -0.3 is 5.32 Å². The van der Waals surface area contributed by atoms with Gasteiger partial charge in [0.05, 0.1) is 11.4 Å².